The summed E-state index contributed by atoms with van der Waals surface area (Å²) in [5, 5.41) is 8.74. The molecule has 0 saturated heterocycles. The molecule has 0 aliphatic carbocycles. The molecule has 0 saturated carbocycles. The number of allylic oxidation sites excluding steroid dienone is 1. The van der Waals surface area contributed by atoms with Crippen molar-refractivity contribution < 1.29 is 14.7 Å². The fourth-order valence-electron chi connectivity index (χ4n) is 1.38. The standard InChI is InChI=1S/C13H10N2O3/c16-12(15-8-7-14-9-15)6-3-10-1-4-11(5-2-10)13(17)18/h1-9H,(H,17,18)/b6-3+. The Bertz CT molecular complexity index is 583. The maximum atomic E-state index is 11.6. The molecular weight excluding hydrogens is 232 g/mol. The summed E-state index contributed by atoms with van der Waals surface area (Å²) >= 11 is 0. The molecule has 0 unspecified atom stereocenters. The first kappa shape index (κ1) is 11.8. The van der Waals surface area contributed by atoms with Gasteiger partial charge in [-0.1, -0.05) is 12.1 Å². The number of hydrogen-bond acceptors (Lipinski definition) is 3. The number of aromatic carboxylic acids is 1. The molecule has 5 nitrogen and oxygen atoms in total. The van der Waals surface area contributed by atoms with Gasteiger partial charge in [0.1, 0.15) is 6.33 Å². The molecule has 1 N–H and O–H groups in total. The predicted octanol–water partition coefficient (Wildman–Crippen LogP) is 1.93. The molecule has 1 heterocycles. The Balaban J connectivity index is 2.09. The second-order valence-electron chi connectivity index (χ2n) is 3.57. The van der Waals surface area contributed by atoms with E-state index in [1.54, 1.807) is 24.4 Å². The van der Waals surface area contributed by atoms with Crippen LogP contribution in [0.3, 0.4) is 0 Å². The van der Waals surface area contributed by atoms with Crippen molar-refractivity contribution in [1.29, 1.82) is 0 Å². The lowest BCUT2D eigenvalue weighted by Gasteiger charge is -1.96. The zero-order chi connectivity index (χ0) is 13.0. The molecule has 1 aromatic heterocycles. The van der Waals surface area contributed by atoms with Crippen molar-refractivity contribution in [2.24, 2.45) is 0 Å². The summed E-state index contributed by atoms with van der Waals surface area (Å²) < 4.78 is 1.35. The van der Waals surface area contributed by atoms with Gasteiger partial charge in [-0.3, -0.25) is 9.36 Å². The number of imidazole rings is 1. The fraction of sp³-hybridized carbons (Fsp3) is 0. The fourth-order valence-corrected chi connectivity index (χ4v) is 1.38. The van der Waals surface area contributed by atoms with Crippen LogP contribution in [0.25, 0.3) is 6.08 Å². The monoisotopic (exact) mass is 242 g/mol. The molecule has 0 spiro atoms. The molecule has 0 atom stereocenters. The molecule has 2 aromatic rings. The molecule has 0 radical (unpaired) electrons. The molecule has 18 heavy (non-hydrogen) atoms. The molecule has 0 bridgehead atoms. The van der Waals surface area contributed by atoms with Gasteiger partial charge in [-0.25, -0.2) is 9.78 Å². The zero-order valence-corrected chi connectivity index (χ0v) is 9.35. The molecule has 5 heteroatoms. The maximum Gasteiger partial charge on any atom is 0.335 e. The van der Waals surface area contributed by atoms with Crippen molar-refractivity contribution in [3.8, 4) is 0 Å². The molecule has 90 valence electrons. The van der Waals surface area contributed by atoms with Crippen LogP contribution in [0.4, 0.5) is 0 Å². The number of hydrogen-bond donors (Lipinski definition) is 1. The van der Waals surface area contributed by atoms with Gasteiger partial charge in [0.15, 0.2) is 0 Å². The van der Waals surface area contributed by atoms with Crippen molar-refractivity contribution in [3.63, 3.8) is 0 Å². The molecule has 0 aliphatic rings. The summed E-state index contributed by atoms with van der Waals surface area (Å²) in [5.41, 5.74) is 0.974. The van der Waals surface area contributed by atoms with Gasteiger partial charge >= 0.3 is 5.97 Å². The second-order valence-corrected chi connectivity index (χ2v) is 3.57. The summed E-state index contributed by atoms with van der Waals surface area (Å²) in [6.45, 7) is 0. The van der Waals surface area contributed by atoms with Gasteiger partial charge in [0.2, 0.25) is 0 Å². The highest BCUT2D eigenvalue weighted by Gasteiger charge is 2.01. The first-order valence-corrected chi connectivity index (χ1v) is 5.20. The Kier molecular flexibility index (Phi) is 3.33. The highest BCUT2D eigenvalue weighted by atomic mass is 16.4. The highest BCUT2D eigenvalue weighted by Crippen LogP contribution is 2.06. The smallest absolute Gasteiger partial charge is 0.335 e. The molecule has 0 amide bonds. The third-order valence-corrected chi connectivity index (χ3v) is 2.33. The van der Waals surface area contributed by atoms with Crippen LogP contribution >= 0.6 is 0 Å². The minimum atomic E-state index is -0.972. The predicted molar refractivity (Wildman–Crippen MR) is 65.3 cm³/mol. The Morgan fingerprint density at radius 3 is 2.50 bits per heavy atom. The quantitative estimate of drug-likeness (QED) is 0.835. The van der Waals surface area contributed by atoms with Crippen LogP contribution in [0.2, 0.25) is 0 Å². The maximum absolute atomic E-state index is 11.6. The van der Waals surface area contributed by atoms with E-state index in [1.807, 2.05) is 0 Å². The number of benzene rings is 1. The van der Waals surface area contributed by atoms with Crippen molar-refractivity contribution in [3.05, 3.63) is 60.2 Å². The number of carboxylic acids is 1. The SMILES string of the molecule is O=C(O)c1ccc(/C=C/C(=O)n2ccnc2)cc1. The highest BCUT2D eigenvalue weighted by molar-refractivity contribution is 5.93. The normalized spacial score (nSPS) is 10.7. The zero-order valence-electron chi connectivity index (χ0n) is 9.35. The van der Waals surface area contributed by atoms with E-state index in [1.165, 1.54) is 35.3 Å². The van der Waals surface area contributed by atoms with Gasteiger partial charge < -0.3 is 5.11 Å². The molecule has 2 rings (SSSR count). The van der Waals surface area contributed by atoms with Gasteiger partial charge in [0.05, 0.1) is 5.56 Å². The lowest BCUT2D eigenvalue weighted by Crippen LogP contribution is -2.03. The molecular formula is C13H10N2O3. The number of carboxylic acid groups (broad SMARTS) is 1. The van der Waals surface area contributed by atoms with Gasteiger partial charge in [0, 0.05) is 18.5 Å². The van der Waals surface area contributed by atoms with E-state index in [-0.39, 0.29) is 11.5 Å². The van der Waals surface area contributed by atoms with Gasteiger partial charge in [-0.2, -0.15) is 0 Å². The Morgan fingerprint density at radius 1 is 1.22 bits per heavy atom. The number of nitrogens with zero attached hydrogens (tertiary/aromatic N) is 2. The number of aromatic nitrogens is 2. The van der Waals surface area contributed by atoms with Crippen molar-refractivity contribution in [2.45, 2.75) is 0 Å². The topological polar surface area (TPSA) is 72.2 Å². The van der Waals surface area contributed by atoms with Crippen LogP contribution in [0, 0.1) is 0 Å². The van der Waals surface area contributed by atoms with Gasteiger partial charge in [-0.15, -0.1) is 0 Å². The number of carbonyl (C=O) groups excluding carboxylic acids is 1. The van der Waals surface area contributed by atoms with Crippen LogP contribution in [-0.4, -0.2) is 26.5 Å². The van der Waals surface area contributed by atoms with Gasteiger partial charge in [0.25, 0.3) is 5.91 Å². The average Bonchev–Trinajstić information content (AvgIpc) is 2.90. The largest absolute Gasteiger partial charge is 0.478 e. The minimum Gasteiger partial charge on any atom is -0.478 e. The average molecular weight is 242 g/mol. The van der Waals surface area contributed by atoms with Gasteiger partial charge in [-0.05, 0) is 23.8 Å². The van der Waals surface area contributed by atoms with E-state index in [2.05, 4.69) is 4.98 Å². The Hall–Kier alpha value is -2.69. The summed E-state index contributed by atoms with van der Waals surface area (Å²) in [6.07, 6.45) is 7.51. The van der Waals surface area contributed by atoms with E-state index in [4.69, 9.17) is 5.11 Å². The molecule has 0 fully saturated rings. The van der Waals surface area contributed by atoms with Crippen molar-refractivity contribution in [2.75, 3.05) is 0 Å². The molecule has 0 aliphatic heterocycles. The van der Waals surface area contributed by atoms with Crippen molar-refractivity contribution in [1.82, 2.24) is 9.55 Å². The van der Waals surface area contributed by atoms with Crippen LogP contribution in [0.5, 0.6) is 0 Å². The van der Waals surface area contributed by atoms with E-state index >= 15 is 0 Å². The first-order valence-electron chi connectivity index (χ1n) is 5.20. The summed E-state index contributed by atoms with van der Waals surface area (Å²) in [4.78, 5) is 26.0. The first-order chi connectivity index (χ1) is 8.66. The molecule has 1 aromatic carbocycles. The van der Waals surface area contributed by atoms with Crippen molar-refractivity contribution >= 4 is 18.0 Å². The van der Waals surface area contributed by atoms with Crippen LogP contribution in [-0.2, 0) is 0 Å². The lowest BCUT2D eigenvalue weighted by molar-refractivity contribution is 0.0696. The van der Waals surface area contributed by atoms with E-state index in [0.717, 1.165) is 5.56 Å². The summed E-state index contributed by atoms with van der Waals surface area (Å²) in [7, 11) is 0. The summed E-state index contributed by atoms with van der Waals surface area (Å²) in [5.74, 6) is -1.19. The van der Waals surface area contributed by atoms with Crippen LogP contribution < -0.4 is 0 Å². The second kappa shape index (κ2) is 5.09. The number of carbonyl (C=O) groups is 2. The third-order valence-electron chi connectivity index (χ3n) is 2.33. The Labute approximate surface area is 103 Å². The van der Waals surface area contributed by atoms with Crippen LogP contribution in [0.15, 0.2) is 49.1 Å². The third kappa shape index (κ3) is 2.70. The van der Waals surface area contributed by atoms with E-state index in [0.29, 0.717) is 0 Å². The Morgan fingerprint density at radius 2 is 1.94 bits per heavy atom. The summed E-state index contributed by atoms with van der Waals surface area (Å²) in [6, 6.07) is 6.26. The minimum absolute atomic E-state index is 0.213. The van der Waals surface area contributed by atoms with E-state index in [9.17, 15) is 9.59 Å². The van der Waals surface area contributed by atoms with Crippen LogP contribution in [0.1, 0.15) is 20.7 Å². The number of rotatable bonds is 3. The lowest BCUT2D eigenvalue weighted by atomic mass is 10.1. The van der Waals surface area contributed by atoms with E-state index < -0.39 is 5.97 Å².